The van der Waals surface area contributed by atoms with Crippen LogP contribution in [-0.4, -0.2) is 45.8 Å². The van der Waals surface area contributed by atoms with Gasteiger partial charge in [-0.25, -0.2) is 4.79 Å². The molecule has 0 aromatic rings. The molecule has 0 saturated carbocycles. The molecule has 0 amide bonds. The van der Waals surface area contributed by atoms with Gasteiger partial charge in [-0.1, -0.05) is 25.8 Å². The molecule has 0 heterocycles. The highest BCUT2D eigenvalue weighted by Gasteiger charge is 2.49. The fraction of sp³-hybridized carbons (Fsp3) is 0.857. The van der Waals surface area contributed by atoms with Crippen molar-refractivity contribution >= 4 is 39.7 Å². The van der Waals surface area contributed by atoms with E-state index in [4.69, 9.17) is 17.1 Å². The van der Waals surface area contributed by atoms with Crippen LogP contribution in [0.2, 0.25) is 65.0 Å². The largest absolute Gasteiger partial charge is 0.469 e. The number of unbranched alkanes of at least 4 members (excludes halogenated alkanes) is 4. The molecule has 0 aromatic carbocycles. The SMILES string of the molecule is C=CC(=O)OC(C)CCCCCCC[Si](O[Si](C)(C)C)(O[Si](C)(C)C)O[Si](C)(C)C. The molecule has 178 valence electrons. The van der Waals surface area contributed by atoms with Crippen LogP contribution in [0, 0.1) is 0 Å². The summed E-state index contributed by atoms with van der Waals surface area (Å²) in [5.74, 6) is -0.337. The number of carbonyl (C=O) groups excluding carboxylic acids is 1. The van der Waals surface area contributed by atoms with Crippen molar-refractivity contribution in [1.82, 2.24) is 0 Å². The zero-order chi connectivity index (χ0) is 23.6. The van der Waals surface area contributed by atoms with E-state index in [0.717, 1.165) is 38.1 Å². The Morgan fingerprint density at radius 2 is 1.17 bits per heavy atom. The third kappa shape index (κ3) is 16.6. The summed E-state index contributed by atoms with van der Waals surface area (Å²) >= 11 is 0. The predicted molar refractivity (Wildman–Crippen MR) is 137 cm³/mol. The number of esters is 1. The second kappa shape index (κ2) is 12.9. The van der Waals surface area contributed by atoms with Gasteiger partial charge in [-0.2, -0.15) is 0 Å². The third-order valence-electron chi connectivity index (χ3n) is 3.96. The molecular weight excluding hydrogens is 445 g/mol. The van der Waals surface area contributed by atoms with E-state index in [1.165, 1.54) is 12.5 Å². The molecule has 1 unspecified atom stereocenters. The minimum Gasteiger partial charge on any atom is -0.460 e. The fourth-order valence-corrected chi connectivity index (χ4v) is 18.0. The Bertz CT molecular complexity index is 480. The highest BCUT2D eigenvalue weighted by Crippen LogP contribution is 2.30. The first-order valence-corrected chi connectivity index (χ1v) is 23.6. The molecule has 0 spiro atoms. The van der Waals surface area contributed by atoms with Crippen molar-refractivity contribution in [2.24, 2.45) is 0 Å². The summed E-state index contributed by atoms with van der Waals surface area (Å²) < 4.78 is 25.4. The molecule has 0 N–H and O–H groups in total. The lowest BCUT2D eigenvalue weighted by molar-refractivity contribution is -0.142. The summed E-state index contributed by atoms with van der Waals surface area (Å²) in [5, 5.41) is 0. The maximum Gasteiger partial charge on any atom is 0.469 e. The van der Waals surface area contributed by atoms with Gasteiger partial charge in [-0.15, -0.1) is 0 Å². The van der Waals surface area contributed by atoms with Crippen LogP contribution < -0.4 is 0 Å². The standard InChI is InChI=1S/C21H48O5Si4/c1-12-21(22)23-20(2)18-16-14-13-15-17-19-30(24-27(3,4)5,25-28(6,7)8)26-29(9,10)11/h12,20H,1,13-19H2,2-11H3. The van der Waals surface area contributed by atoms with E-state index < -0.39 is 33.8 Å². The molecule has 0 aliphatic heterocycles. The van der Waals surface area contributed by atoms with Gasteiger partial charge in [0.05, 0.1) is 6.10 Å². The lowest BCUT2D eigenvalue weighted by Gasteiger charge is -2.43. The third-order valence-corrected chi connectivity index (χ3v) is 16.0. The van der Waals surface area contributed by atoms with Crippen LogP contribution in [0.25, 0.3) is 0 Å². The Morgan fingerprint density at radius 3 is 1.57 bits per heavy atom. The van der Waals surface area contributed by atoms with Gasteiger partial charge >= 0.3 is 14.8 Å². The van der Waals surface area contributed by atoms with E-state index >= 15 is 0 Å². The molecule has 0 saturated heterocycles. The van der Waals surface area contributed by atoms with Crippen LogP contribution in [0.1, 0.15) is 45.4 Å². The van der Waals surface area contributed by atoms with E-state index in [2.05, 4.69) is 65.5 Å². The number of ether oxygens (including phenoxy) is 1. The van der Waals surface area contributed by atoms with E-state index in [9.17, 15) is 4.79 Å². The molecule has 0 fully saturated rings. The summed E-state index contributed by atoms with van der Waals surface area (Å²) in [6.07, 6.45) is 7.67. The second-order valence-corrected chi connectivity index (χ2v) is 28.1. The van der Waals surface area contributed by atoms with E-state index in [1.807, 2.05) is 6.92 Å². The predicted octanol–water partition coefficient (Wildman–Crippen LogP) is 6.94. The zero-order valence-corrected chi connectivity index (χ0v) is 25.4. The normalized spacial score (nSPS) is 14.5. The molecule has 0 aliphatic rings. The van der Waals surface area contributed by atoms with Crippen molar-refractivity contribution in [3.05, 3.63) is 12.7 Å². The summed E-state index contributed by atoms with van der Waals surface area (Å²) in [7, 11) is -8.08. The Balaban J connectivity index is 4.74. The Labute approximate surface area is 190 Å². The van der Waals surface area contributed by atoms with Crippen LogP contribution >= 0.6 is 0 Å². The van der Waals surface area contributed by atoms with Gasteiger partial charge in [0, 0.05) is 12.1 Å². The molecule has 5 nitrogen and oxygen atoms in total. The first-order chi connectivity index (χ1) is 13.5. The number of hydrogen-bond donors (Lipinski definition) is 0. The fourth-order valence-electron chi connectivity index (χ4n) is 3.22. The lowest BCUT2D eigenvalue weighted by atomic mass is 10.1. The van der Waals surface area contributed by atoms with Gasteiger partial charge in [0.2, 0.25) is 0 Å². The van der Waals surface area contributed by atoms with Gasteiger partial charge in [0.25, 0.3) is 0 Å². The molecule has 1 atom stereocenters. The molecule has 30 heavy (non-hydrogen) atoms. The Morgan fingerprint density at radius 1 is 0.767 bits per heavy atom. The molecule has 0 bridgehead atoms. The average molecular weight is 493 g/mol. The maximum absolute atomic E-state index is 11.2. The zero-order valence-electron chi connectivity index (χ0n) is 21.4. The van der Waals surface area contributed by atoms with Crippen LogP contribution in [0.4, 0.5) is 0 Å². The van der Waals surface area contributed by atoms with Crippen LogP contribution in [-0.2, 0) is 21.9 Å². The summed E-state index contributed by atoms with van der Waals surface area (Å²) in [4.78, 5) is 11.2. The summed E-state index contributed by atoms with van der Waals surface area (Å²) in [6, 6.07) is 0.916. The Hall–Kier alpha value is -0.0425. The number of rotatable bonds is 16. The van der Waals surface area contributed by atoms with Crippen LogP contribution in [0.5, 0.6) is 0 Å². The molecular formula is C21H48O5Si4. The quantitative estimate of drug-likeness (QED) is 0.101. The van der Waals surface area contributed by atoms with Crippen LogP contribution in [0.3, 0.4) is 0 Å². The van der Waals surface area contributed by atoms with Crippen LogP contribution in [0.15, 0.2) is 12.7 Å². The molecule has 0 radical (unpaired) electrons. The highest BCUT2D eigenvalue weighted by molar-refractivity contribution is 6.90. The van der Waals surface area contributed by atoms with E-state index in [1.54, 1.807) is 0 Å². The van der Waals surface area contributed by atoms with Crippen molar-refractivity contribution in [2.75, 3.05) is 0 Å². The smallest absolute Gasteiger partial charge is 0.460 e. The van der Waals surface area contributed by atoms with Crippen molar-refractivity contribution in [3.8, 4) is 0 Å². The van der Waals surface area contributed by atoms with Crippen molar-refractivity contribution in [2.45, 2.75) is 117 Å². The number of hydrogen-bond acceptors (Lipinski definition) is 5. The van der Waals surface area contributed by atoms with E-state index in [-0.39, 0.29) is 12.1 Å². The highest BCUT2D eigenvalue weighted by atomic mass is 28.5. The lowest BCUT2D eigenvalue weighted by Crippen LogP contribution is -2.60. The van der Waals surface area contributed by atoms with Crippen molar-refractivity contribution in [3.63, 3.8) is 0 Å². The van der Waals surface area contributed by atoms with Gasteiger partial charge in [-0.05, 0) is 85.1 Å². The Kier molecular flexibility index (Phi) is 12.8. The average Bonchev–Trinajstić information content (AvgIpc) is 2.48. The first kappa shape index (κ1) is 30.0. The summed E-state index contributed by atoms with van der Waals surface area (Å²) in [5.41, 5.74) is 0. The monoisotopic (exact) mass is 492 g/mol. The molecule has 9 heteroatoms. The van der Waals surface area contributed by atoms with Gasteiger partial charge in [-0.3, -0.25) is 0 Å². The van der Waals surface area contributed by atoms with Gasteiger partial charge in [0.1, 0.15) is 0 Å². The minimum atomic E-state index is -2.69. The van der Waals surface area contributed by atoms with Crippen molar-refractivity contribution in [1.29, 1.82) is 0 Å². The topological polar surface area (TPSA) is 54.0 Å². The minimum absolute atomic E-state index is 0.0454. The molecule has 0 rings (SSSR count). The van der Waals surface area contributed by atoms with E-state index in [0.29, 0.717) is 0 Å². The molecule has 0 aromatic heterocycles. The van der Waals surface area contributed by atoms with Crippen molar-refractivity contribution < 1.29 is 21.9 Å². The molecule has 0 aliphatic carbocycles. The second-order valence-electron chi connectivity index (χ2n) is 11.1. The first-order valence-electron chi connectivity index (χ1n) is 11.4. The van der Waals surface area contributed by atoms with Gasteiger partial charge in [0.15, 0.2) is 25.0 Å². The number of carbonyl (C=O) groups is 1. The summed E-state index contributed by atoms with van der Waals surface area (Å²) in [6.45, 7) is 25.5. The van der Waals surface area contributed by atoms with Gasteiger partial charge < -0.3 is 17.1 Å². The maximum atomic E-state index is 11.2.